The molecule has 120 valence electrons. The fourth-order valence-corrected chi connectivity index (χ4v) is 4.81. The van der Waals surface area contributed by atoms with Gasteiger partial charge in [0.2, 0.25) is 0 Å². The van der Waals surface area contributed by atoms with Crippen LogP contribution in [0.2, 0.25) is 0 Å². The molecule has 3 rings (SSSR count). The van der Waals surface area contributed by atoms with Crippen molar-refractivity contribution in [3.05, 3.63) is 24.3 Å². The minimum absolute atomic E-state index is 0.314. The molecule has 0 radical (unpaired) electrons. The third-order valence-corrected chi connectivity index (χ3v) is 6.47. The van der Waals surface area contributed by atoms with Crippen LogP contribution in [-0.4, -0.2) is 50.6 Å². The quantitative estimate of drug-likeness (QED) is 0.788. The van der Waals surface area contributed by atoms with E-state index >= 15 is 0 Å². The summed E-state index contributed by atoms with van der Waals surface area (Å²) in [6.45, 7) is 3.58. The number of benzene rings is 1. The van der Waals surface area contributed by atoms with Gasteiger partial charge in [0.05, 0.1) is 23.1 Å². The van der Waals surface area contributed by atoms with E-state index in [1.54, 1.807) is 12.1 Å². The molecule has 0 unspecified atom stereocenters. The number of hydrogen-bond donors (Lipinski definition) is 0. The first-order chi connectivity index (χ1) is 10.6. The second kappa shape index (κ2) is 6.52. The molecule has 0 N–H and O–H groups in total. The number of hydrogen-bond acceptors (Lipinski definition) is 5. The lowest BCUT2D eigenvalue weighted by atomic mass is 10.2. The highest BCUT2D eigenvalue weighted by Crippen LogP contribution is 2.25. The number of ether oxygens (including phenoxy) is 1. The number of thiocarbonyl (C=S) groups is 1. The van der Waals surface area contributed by atoms with E-state index in [-0.39, 0.29) is 0 Å². The Bertz CT molecular complexity index is 637. The van der Waals surface area contributed by atoms with E-state index < -0.39 is 10.0 Å². The number of nitrogens with zero attached hydrogens (tertiary/aromatic N) is 2. The van der Waals surface area contributed by atoms with Gasteiger partial charge in [-0.15, -0.1) is 0 Å². The predicted octanol–water partition coefficient (Wildman–Crippen LogP) is 2.03. The lowest BCUT2D eigenvalue weighted by Crippen LogP contribution is -2.39. The Morgan fingerprint density at radius 2 is 1.68 bits per heavy atom. The van der Waals surface area contributed by atoms with E-state index in [9.17, 15) is 8.42 Å². The van der Waals surface area contributed by atoms with Gasteiger partial charge in [-0.2, -0.15) is 0 Å². The third kappa shape index (κ3) is 3.11. The summed E-state index contributed by atoms with van der Waals surface area (Å²) >= 11 is 5.23. The van der Waals surface area contributed by atoms with Gasteiger partial charge in [-0.3, -0.25) is 4.31 Å². The molecule has 2 saturated heterocycles. The zero-order valence-electron chi connectivity index (χ0n) is 12.4. The molecule has 2 aliphatic rings. The topological polar surface area (TPSA) is 49.9 Å². The molecule has 7 heteroatoms. The molecule has 0 bridgehead atoms. The SMILES string of the molecule is O=S(=O)(c1ccc(N2CCOCC2)cc1)N1CCCCC1=S. The summed E-state index contributed by atoms with van der Waals surface area (Å²) in [5.74, 6) is 0. The molecular formula is C15H20N2O3S2. The Labute approximate surface area is 136 Å². The van der Waals surface area contributed by atoms with Crippen molar-refractivity contribution in [3.8, 4) is 0 Å². The molecule has 0 spiro atoms. The molecule has 0 aromatic heterocycles. The van der Waals surface area contributed by atoms with Gasteiger partial charge in [0.25, 0.3) is 10.0 Å². The van der Waals surface area contributed by atoms with Crippen LogP contribution in [0, 0.1) is 0 Å². The highest BCUT2D eigenvalue weighted by molar-refractivity contribution is 7.91. The van der Waals surface area contributed by atoms with Crippen LogP contribution in [0.15, 0.2) is 29.2 Å². The van der Waals surface area contributed by atoms with Crippen LogP contribution in [-0.2, 0) is 14.8 Å². The molecule has 1 aromatic rings. The van der Waals surface area contributed by atoms with Crippen LogP contribution < -0.4 is 4.90 Å². The van der Waals surface area contributed by atoms with Gasteiger partial charge in [-0.25, -0.2) is 8.42 Å². The summed E-state index contributed by atoms with van der Waals surface area (Å²) < 4.78 is 32.1. The van der Waals surface area contributed by atoms with Gasteiger partial charge < -0.3 is 9.64 Å². The van der Waals surface area contributed by atoms with Crippen molar-refractivity contribution in [1.29, 1.82) is 0 Å². The summed E-state index contributed by atoms with van der Waals surface area (Å²) in [5, 5.41) is 0. The second-order valence-electron chi connectivity index (χ2n) is 5.52. The summed E-state index contributed by atoms with van der Waals surface area (Å²) in [7, 11) is -3.51. The van der Waals surface area contributed by atoms with Crippen molar-refractivity contribution in [1.82, 2.24) is 4.31 Å². The Kier molecular flexibility index (Phi) is 4.65. The normalized spacial score (nSPS) is 20.3. The smallest absolute Gasteiger partial charge is 0.264 e. The highest BCUT2D eigenvalue weighted by atomic mass is 32.2. The van der Waals surface area contributed by atoms with E-state index in [1.807, 2.05) is 12.1 Å². The fraction of sp³-hybridized carbons (Fsp3) is 0.533. The zero-order valence-corrected chi connectivity index (χ0v) is 14.0. The summed E-state index contributed by atoms with van der Waals surface area (Å²) in [6.07, 6.45) is 2.52. The Morgan fingerprint density at radius 3 is 2.32 bits per heavy atom. The molecule has 0 atom stereocenters. The van der Waals surface area contributed by atoms with E-state index in [1.165, 1.54) is 4.31 Å². The van der Waals surface area contributed by atoms with Crippen LogP contribution in [0.5, 0.6) is 0 Å². The molecule has 2 aliphatic heterocycles. The monoisotopic (exact) mass is 340 g/mol. The Morgan fingerprint density at radius 1 is 1.00 bits per heavy atom. The minimum atomic E-state index is -3.51. The number of rotatable bonds is 3. The third-order valence-electron chi connectivity index (χ3n) is 4.08. The van der Waals surface area contributed by atoms with Gasteiger partial charge in [0.15, 0.2) is 0 Å². The molecule has 2 fully saturated rings. The van der Waals surface area contributed by atoms with Crippen LogP contribution >= 0.6 is 12.2 Å². The average Bonchev–Trinajstić information content (AvgIpc) is 2.56. The largest absolute Gasteiger partial charge is 0.378 e. The molecule has 0 amide bonds. The molecule has 5 nitrogen and oxygen atoms in total. The van der Waals surface area contributed by atoms with Crippen molar-refractivity contribution in [2.75, 3.05) is 37.7 Å². The number of anilines is 1. The molecule has 22 heavy (non-hydrogen) atoms. The molecule has 1 aromatic carbocycles. The van der Waals surface area contributed by atoms with E-state index in [4.69, 9.17) is 17.0 Å². The zero-order chi connectivity index (χ0) is 15.6. The first-order valence-corrected chi connectivity index (χ1v) is 9.42. The van der Waals surface area contributed by atoms with Crippen LogP contribution in [0.1, 0.15) is 19.3 Å². The Balaban J connectivity index is 1.80. The molecule has 2 heterocycles. The van der Waals surface area contributed by atoms with Crippen molar-refractivity contribution < 1.29 is 13.2 Å². The van der Waals surface area contributed by atoms with Gasteiger partial charge in [0.1, 0.15) is 0 Å². The number of morpholine rings is 1. The fourth-order valence-electron chi connectivity index (χ4n) is 2.81. The van der Waals surface area contributed by atoms with Gasteiger partial charge in [-0.1, -0.05) is 12.2 Å². The maximum atomic E-state index is 12.7. The molecule has 0 saturated carbocycles. The number of sulfonamides is 1. The number of piperidine rings is 1. The van der Waals surface area contributed by atoms with Crippen molar-refractivity contribution in [3.63, 3.8) is 0 Å². The maximum absolute atomic E-state index is 12.7. The Hall–Kier alpha value is -1.18. The lowest BCUT2D eigenvalue weighted by molar-refractivity contribution is 0.122. The maximum Gasteiger partial charge on any atom is 0.264 e. The van der Waals surface area contributed by atoms with Crippen molar-refractivity contribution >= 4 is 32.9 Å². The van der Waals surface area contributed by atoms with Crippen LogP contribution in [0.25, 0.3) is 0 Å². The highest BCUT2D eigenvalue weighted by Gasteiger charge is 2.28. The summed E-state index contributed by atoms with van der Waals surface area (Å²) in [4.78, 5) is 3.04. The van der Waals surface area contributed by atoms with Crippen LogP contribution in [0.3, 0.4) is 0 Å². The molecular weight excluding hydrogens is 320 g/mol. The van der Waals surface area contributed by atoms with E-state index in [2.05, 4.69) is 4.90 Å². The first kappa shape index (κ1) is 15.7. The first-order valence-electron chi connectivity index (χ1n) is 7.57. The van der Waals surface area contributed by atoms with Crippen molar-refractivity contribution in [2.45, 2.75) is 24.2 Å². The van der Waals surface area contributed by atoms with E-state index in [0.717, 1.165) is 31.6 Å². The van der Waals surface area contributed by atoms with Crippen molar-refractivity contribution in [2.24, 2.45) is 0 Å². The second-order valence-corrected chi connectivity index (χ2v) is 7.85. The lowest BCUT2D eigenvalue weighted by Gasteiger charge is -2.30. The van der Waals surface area contributed by atoms with Crippen LogP contribution in [0.4, 0.5) is 5.69 Å². The average molecular weight is 340 g/mol. The van der Waals surface area contributed by atoms with E-state index in [0.29, 0.717) is 36.1 Å². The van der Waals surface area contributed by atoms with Gasteiger partial charge in [-0.05, 0) is 43.5 Å². The minimum Gasteiger partial charge on any atom is -0.378 e. The van der Waals surface area contributed by atoms with Gasteiger partial charge in [0, 0.05) is 25.3 Å². The predicted molar refractivity (Wildman–Crippen MR) is 89.8 cm³/mol. The molecule has 0 aliphatic carbocycles. The standard InChI is InChI=1S/C15H20N2O3S2/c18-22(19,17-8-2-1-3-15(17)21)14-6-4-13(5-7-14)16-9-11-20-12-10-16/h4-7H,1-3,8-12H2. The summed E-state index contributed by atoms with van der Waals surface area (Å²) in [6, 6.07) is 7.09. The summed E-state index contributed by atoms with van der Waals surface area (Å²) in [5.41, 5.74) is 1.03. The van der Waals surface area contributed by atoms with Gasteiger partial charge >= 0.3 is 0 Å².